The summed E-state index contributed by atoms with van der Waals surface area (Å²) in [6.07, 6.45) is 0. The van der Waals surface area contributed by atoms with Gasteiger partial charge in [-0.25, -0.2) is 4.68 Å². The van der Waals surface area contributed by atoms with E-state index in [2.05, 4.69) is 20.3 Å². The van der Waals surface area contributed by atoms with E-state index >= 15 is 0 Å². The number of aromatic nitrogens is 4. The highest BCUT2D eigenvalue weighted by molar-refractivity contribution is 7.99. The van der Waals surface area contributed by atoms with E-state index in [1.54, 1.807) is 13.1 Å². The molecule has 0 bridgehead atoms. The fourth-order valence-electron chi connectivity index (χ4n) is 1.45. The number of ketones is 1. The summed E-state index contributed by atoms with van der Waals surface area (Å²) in [4.78, 5) is 12.0. The molecule has 2 rings (SSSR count). The van der Waals surface area contributed by atoms with Crippen molar-refractivity contribution in [1.29, 1.82) is 0 Å². The molecule has 0 saturated carbocycles. The van der Waals surface area contributed by atoms with Crippen LogP contribution in [0.25, 0.3) is 0 Å². The number of carbonyl (C=O) groups excluding carboxylic acids is 1. The van der Waals surface area contributed by atoms with Crippen molar-refractivity contribution in [2.24, 2.45) is 7.05 Å². The molecule has 0 spiro atoms. The average molecular weight is 300 g/mol. The minimum atomic E-state index is -2.97. The Hall–Kier alpha value is -2.03. The Morgan fingerprint density at radius 2 is 2.20 bits per heavy atom. The third-order valence-corrected chi connectivity index (χ3v) is 3.33. The molecule has 1 heterocycles. The van der Waals surface area contributed by atoms with Gasteiger partial charge in [0.05, 0.1) is 11.3 Å². The molecule has 0 radical (unpaired) electrons. The van der Waals surface area contributed by atoms with E-state index < -0.39 is 6.61 Å². The van der Waals surface area contributed by atoms with E-state index in [0.717, 1.165) is 11.8 Å². The van der Waals surface area contributed by atoms with Crippen molar-refractivity contribution in [3.63, 3.8) is 0 Å². The summed E-state index contributed by atoms with van der Waals surface area (Å²) in [5.41, 5.74) is 0.107. The summed E-state index contributed by atoms with van der Waals surface area (Å²) in [6, 6.07) is 5.87. The molecule has 0 amide bonds. The molecule has 0 N–H and O–H groups in total. The van der Waals surface area contributed by atoms with E-state index in [-0.39, 0.29) is 22.8 Å². The van der Waals surface area contributed by atoms with Crippen LogP contribution in [0.15, 0.2) is 29.4 Å². The van der Waals surface area contributed by atoms with Gasteiger partial charge in [-0.3, -0.25) is 4.79 Å². The van der Waals surface area contributed by atoms with Crippen molar-refractivity contribution in [1.82, 2.24) is 20.2 Å². The Bertz CT molecular complexity index is 606. The number of tetrazole rings is 1. The SMILES string of the molecule is Cn1nnnc1SCC(=O)c1ccccc1OC(F)F. The maximum absolute atomic E-state index is 12.3. The number of halogens is 2. The molecule has 0 saturated heterocycles. The molecule has 0 atom stereocenters. The molecule has 0 fully saturated rings. The van der Waals surface area contributed by atoms with Gasteiger partial charge in [0.15, 0.2) is 5.78 Å². The number of carbonyl (C=O) groups is 1. The summed E-state index contributed by atoms with van der Waals surface area (Å²) >= 11 is 1.12. The number of Topliss-reactive ketones (excluding diaryl/α,β-unsaturated/α-hetero) is 1. The molecule has 20 heavy (non-hydrogen) atoms. The second kappa shape index (κ2) is 6.42. The smallest absolute Gasteiger partial charge is 0.387 e. The lowest BCUT2D eigenvalue weighted by Gasteiger charge is -2.09. The van der Waals surface area contributed by atoms with Crippen molar-refractivity contribution in [3.05, 3.63) is 29.8 Å². The third kappa shape index (κ3) is 3.50. The van der Waals surface area contributed by atoms with Gasteiger partial charge in [-0.05, 0) is 22.6 Å². The first-order valence-electron chi connectivity index (χ1n) is 5.50. The number of thioether (sulfide) groups is 1. The van der Waals surface area contributed by atoms with Crippen molar-refractivity contribution >= 4 is 17.5 Å². The molecule has 1 aromatic carbocycles. The standard InChI is InChI=1S/C11H10F2N4O2S/c1-17-11(14-15-16-17)20-6-8(18)7-4-2-3-5-9(7)19-10(12)13/h2-5,10H,6H2,1H3. The first-order chi connectivity index (χ1) is 9.58. The van der Waals surface area contributed by atoms with Crippen LogP contribution in [0.5, 0.6) is 5.75 Å². The number of nitrogens with zero attached hydrogens (tertiary/aromatic N) is 4. The van der Waals surface area contributed by atoms with E-state index in [4.69, 9.17) is 0 Å². The van der Waals surface area contributed by atoms with Crippen LogP contribution in [0.3, 0.4) is 0 Å². The molecule has 0 aliphatic rings. The number of ether oxygens (including phenoxy) is 1. The summed E-state index contributed by atoms with van der Waals surface area (Å²) in [5.74, 6) is -0.448. The zero-order chi connectivity index (χ0) is 14.5. The zero-order valence-electron chi connectivity index (χ0n) is 10.4. The first kappa shape index (κ1) is 14.4. The number of rotatable bonds is 6. The van der Waals surface area contributed by atoms with Crippen LogP contribution >= 0.6 is 11.8 Å². The first-order valence-corrected chi connectivity index (χ1v) is 6.48. The Labute approximate surface area is 117 Å². The number of hydrogen-bond acceptors (Lipinski definition) is 6. The second-order valence-corrected chi connectivity index (χ2v) is 4.61. The topological polar surface area (TPSA) is 69.9 Å². The van der Waals surface area contributed by atoms with Gasteiger partial charge in [-0.2, -0.15) is 8.78 Å². The molecule has 9 heteroatoms. The normalized spacial score (nSPS) is 10.8. The van der Waals surface area contributed by atoms with Gasteiger partial charge in [0.2, 0.25) is 5.16 Å². The van der Waals surface area contributed by atoms with Gasteiger partial charge in [0.25, 0.3) is 0 Å². The Morgan fingerprint density at radius 1 is 1.45 bits per heavy atom. The van der Waals surface area contributed by atoms with Crippen molar-refractivity contribution in [2.45, 2.75) is 11.8 Å². The Morgan fingerprint density at radius 3 is 2.85 bits per heavy atom. The van der Waals surface area contributed by atoms with Crippen molar-refractivity contribution in [2.75, 3.05) is 5.75 Å². The van der Waals surface area contributed by atoms with Crippen LogP contribution in [0.4, 0.5) is 8.78 Å². The van der Waals surface area contributed by atoms with Crippen LogP contribution in [0, 0.1) is 0 Å². The third-order valence-electron chi connectivity index (χ3n) is 2.32. The van der Waals surface area contributed by atoms with Crippen LogP contribution in [0.2, 0.25) is 0 Å². The molecule has 106 valence electrons. The van der Waals surface area contributed by atoms with Crippen LogP contribution in [0.1, 0.15) is 10.4 Å². The highest BCUT2D eigenvalue weighted by Gasteiger charge is 2.16. The van der Waals surface area contributed by atoms with Crippen molar-refractivity contribution < 1.29 is 18.3 Å². The highest BCUT2D eigenvalue weighted by Crippen LogP contribution is 2.23. The quantitative estimate of drug-likeness (QED) is 0.598. The van der Waals surface area contributed by atoms with Gasteiger partial charge >= 0.3 is 6.61 Å². The number of benzene rings is 1. The van der Waals surface area contributed by atoms with E-state index in [1.165, 1.54) is 22.9 Å². The minimum absolute atomic E-state index is 0.0256. The number of aryl methyl sites for hydroxylation is 1. The van der Waals surface area contributed by atoms with Gasteiger partial charge < -0.3 is 4.74 Å². The lowest BCUT2D eigenvalue weighted by Crippen LogP contribution is -2.10. The average Bonchev–Trinajstić information content (AvgIpc) is 2.81. The Balaban J connectivity index is 2.07. The van der Waals surface area contributed by atoms with E-state index in [0.29, 0.717) is 5.16 Å². The summed E-state index contributed by atoms with van der Waals surface area (Å²) in [6.45, 7) is -2.97. The fraction of sp³-hybridized carbons (Fsp3) is 0.273. The lowest BCUT2D eigenvalue weighted by atomic mass is 10.1. The lowest BCUT2D eigenvalue weighted by molar-refractivity contribution is -0.0501. The summed E-state index contributed by atoms with van der Waals surface area (Å²) < 4.78 is 30.2. The zero-order valence-corrected chi connectivity index (χ0v) is 11.2. The van der Waals surface area contributed by atoms with Gasteiger partial charge in [0.1, 0.15) is 5.75 Å². The predicted molar refractivity (Wildman–Crippen MR) is 66.9 cm³/mol. The van der Waals surface area contributed by atoms with Crippen LogP contribution in [-0.4, -0.2) is 38.4 Å². The molecule has 0 aliphatic carbocycles. The number of alkyl halides is 2. The minimum Gasteiger partial charge on any atom is -0.434 e. The van der Waals surface area contributed by atoms with E-state index in [9.17, 15) is 13.6 Å². The molecule has 0 unspecified atom stereocenters. The maximum Gasteiger partial charge on any atom is 0.387 e. The summed E-state index contributed by atoms with van der Waals surface area (Å²) in [7, 11) is 1.64. The molecule has 2 aromatic rings. The largest absolute Gasteiger partial charge is 0.434 e. The van der Waals surface area contributed by atoms with Crippen LogP contribution in [-0.2, 0) is 7.05 Å². The number of para-hydroxylation sites is 1. The second-order valence-electron chi connectivity index (χ2n) is 3.67. The molecule has 6 nitrogen and oxygen atoms in total. The molecule has 1 aromatic heterocycles. The Kier molecular flexibility index (Phi) is 4.61. The van der Waals surface area contributed by atoms with E-state index in [1.807, 2.05) is 0 Å². The maximum atomic E-state index is 12.3. The molecule has 0 aliphatic heterocycles. The highest BCUT2D eigenvalue weighted by atomic mass is 32.2. The van der Waals surface area contributed by atoms with Gasteiger partial charge in [-0.1, -0.05) is 23.9 Å². The molecular weight excluding hydrogens is 290 g/mol. The monoisotopic (exact) mass is 300 g/mol. The summed E-state index contributed by atoms with van der Waals surface area (Å²) in [5, 5.41) is 11.2. The number of hydrogen-bond donors (Lipinski definition) is 0. The molecular formula is C11H10F2N4O2S. The van der Waals surface area contributed by atoms with Gasteiger partial charge in [-0.15, -0.1) is 5.10 Å². The van der Waals surface area contributed by atoms with Crippen LogP contribution < -0.4 is 4.74 Å². The van der Waals surface area contributed by atoms with Crippen molar-refractivity contribution in [3.8, 4) is 5.75 Å². The van der Waals surface area contributed by atoms with Gasteiger partial charge in [0, 0.05) is 7.05 Å². The predicted octanol–water partition coefficient (Wildman–Crippen LogP) is 1.79. The fourth-order valence-corrected chi connectivity index (χ4v) is 2.18.